The maximum absolute atomic E-state index is 11.6. The summed E-state index contributed by atoms with van der Waals surface area (Å²) in [5.41, 5.74) is 0. The lowest BCUT2D eigenvalue weighted by Crippen LogP contribution is -2.48. The topological polar surface area (TPSA) is 91.8 Å². The van der Waals surface area contributed by atoms with Gasteiger partial charge >= 0.3 is 6.03 Å². The van der Waals surface area contributed by atoms with Crippen molar-refractivity contribution in [3.05, 3.63) is 24.3 Å². The summed E-state index contributed by atoms with van der Waals surface area (Å²) in [5.74, 6) is -3.49. The maximum Gasteiger partial charge on any atom is 0.348 e. The highest BCUT2D eigenvalue weighted by atomic mass is 16.2. The van der Waals surface area contributed by atoms with Gasteiger partial charge in [0.25, 0.3) is 23.6 Å². The zero-order chi connectivity index (χ0) is 11.9. The first-order valence-electron chi connectivity index (χ1n) is 4.18. The van der Waals surface area contributed by atoms with Crippen LogP contribution in [0.4, 0.5) is 4.79 Å². The molecule has 7 nitrogen and oxygen atoms in total. The second kappa shape index (κ2) is 3.23. The molecule has 0 unspecified atom stereocenters. The second-order valence-corrected chi connectivity index (χ2v) is 2.97. The lowest BCUT2D eigenvalue weighted by molar-refractivity contribution is -0.136. The van der Waals surface area contributed by atoms with Gasteiger partial charge in [0.15, 0.2) is 0 Å². The van der Waals surface area contributed by atoms with Crippen molar-refractivity contribution in [1.82, 2.24) is 9.80 Å². The van der Waals surface area contributed by atoms with Gasteiger partial charge in [-0.15, -0.1) is 0 Å². The van der Waals surface area contributed by atoms with E-state index < -0.39 is 29.7 Å². The molecule has 0 aromatic carbocycles. The molecule has 0 aromatic rings. The zero-order valence-electron chi connectivity index (χ0n) is 7.75. The van der Waals surface area contributed by atoms with E-state index in [9.17, 15) is 24.0 Å². The molecule has 0 fully saturated rings. The Bertz CT molecular complexity index is 422. The fourth-order valence-corrected chi connectivity index (χ4v) is 1.28. The number of carbonyl (C=O) groups excluding carboxylic acids is 5. The van der Waals surface area contributed by atoms with E-state index in [0.717, 1.165) is 24.3 Å². The van der Waals surface area contributed by atoms with Crippen LogP contribution in [0.15, 0.2) is 24.3 Å². The van der Waals surface area contributed by atoms with Crippen molar-refractivity contribution in [2.45, 2.75) is 0 Å². The number of hydrogen-bond donors (Lipinski definition) is 0. The van der Waals surface area contributed by atoms with Gasteiger partial charge in [-0.25, -0.2) is 4.79 Å². The number of carbonyl (C=O) groups is 5. The summed E-state index contributed by atoms with van der Waals surface area (Å²) in [5, 5.41) is 0. The van der Waals surface area contributed by atoms with Crippen LogP contribution in [-0.4, -0.2) is 39.5 Å². The largest absolute Gasteiger partial charge is 0.348 e. The van der Waals surface area contributed by atoms with E-state index >= 15 is 0 Å². The summed E-state index contributed by atoms with van der Waals surface area (Å²) in [6, 6.07) is -1.25. The molecule has 16 heavy (non-hydrogen) atoms. The van der Waals surface area contributed by atoms with Gasteiger partial charge in [-0.3, -0.25) is 19.2 Å². The minimum atomic E-state index is -1.25. The van der Waals surface area contributed by atoms with Crippen LogP contribution in [0.5, 0.6) is 0 Å². The molecule has 0 N–H and O–H groups in total. The third kappa shape index (κ3) is 1.26. The van der Waals surface area contributed by atoms with Crippen molar-refractivity contribution < 1.29 is 24.0 Å². The molecule has 80 valence electrons. The molecule has 0 saturated carbocycles. The third-order valence-corrected chi connectivity index (χ3v) is 2.00. The molecule has 0 aliphatic carbocycles. The van der Waals surface area contributed by atoms with Crippen LogP contribution in [-0.2, 0) is 19.2 Å². The van der Waals surface area contributed by atoms with E-state index in [0.29, 0.717) is 0 Å². The standard InChI is InChI=1S/C9H4N2O5/c12-5-1-2-6(13)10(5)9(16)11-7(14)3-4-8(11)15/h1-4H. The molecular formula is C9H4N2O5. The number of hydrogen-bond acceptors (Lipinski definition) is 5. The molecule has 0 saturated heterocycles. The summed E-state index contributed by atoms with van der Waals surface area (Å²) in [4.78, 5) is 56.5. The van der Waals surface area contributed by atoms with Crippen LogP contribution < -0.4 is 0 Å². The van der Waals surface area contributed by atoms with Gasteiger partial charge in [0.05, 0.1) is 0 Å². The Labute approximate surface area is 88.6 Å². The Morgan fingerprint density at radius 2 is 0.938 bits per heavy atom. The van der Waals surface area contributed by atoms with Crippen LogP contribution >= 0.6 is 0 Å². The summed E-state index contributed by atoms with van der Waals surface area (Å²) in [6.45, 7) is 0. The van der Waals surface area contributed by atoms with Gasteiger partial charge in [-0.1, -0.05) is 0 Å². The fourth-order valence-electron chi connectivity index (χ4n) is 1.28. The molecule has 0 radical (unpaired) electrons. The summed E-state index contributed by atoms with van der Waals surface area (Å²) < 4.78 is 0. The van der Waals surface area contributed by atoms with Crippen LogP contribution in [0.3, 0.4) is 0 Å². The van der Waals surface area contributed by atoms with Crippen molar-refractivity contribution in [3.63, 3.8) is 0 Å². The van der Waals surface area contributed by atoms with Crippen molar-refractivity contribution in [3.8, 4) is 0 Å². The number of urea groups is 1. The van der Waals surface area contributed by atoms with Gasteiger partial charge in [-0.05, 0) is 0 Å². The molecule has 2 aliphatic heterocycles. The molecule has 2 aliphatic rings. The highest BCUT2D eigenvalue weighted by Crippen LogP contribution is 2.12. The molecule has 2 rings (SSSR count). The predicted molar refractivity (Wildman–Crippen MR) is 47.4 cm³/mol. The summed E-state index contributed by atoms with van der Waals surface area (Å²) >= 11 is 0. The molecular weight excluding hydrogens is 216 g/mol. The minimum Gasteiger partial charge on any atom is -0.269 e. The minimum absolute atomic E-state index is 0.225. The first-order chi connectivity index (χ1) is 7.52. The Morgan fingerprint density at radius 3 is 1.19 bits per heavy atom. The van der Waals surface area contributed by atoms with Gasteiger partial charge in [-0.2, -0.15) is 9.80 Å². The average molecular weight is 220 g/mol. The first-order valence-corrected chi connectivity index (χ1v) is 4.18. The smallest absolute Gasteiger partial charge is 0.269 e. The quantitative estimate of drug-likeness (QED) is 0.486. The Kier molecular flexibility index (Phi) is 2.01. The summed E-state index contributed by atoms with van der Waals surface area (Å²) in [6.07, 6.45) is 3.55. The molecule has 0 aromatic heterocycles. The van der Waals surface area contributed by atoms with Crippen LogP contribution in [0.1, 0.15) is 0 Å². The van der Waals surface area contributed by atoms with Gasteiger partial charge in [0.2, 0.25) is 0 Å². The molecule has 0 spiro atoms. The van der Waals surface area contributed by atoms with Crippen molar-refractivity contribution >= 4 is 29.7 Å². The second-order valence-electron chi connectivity index (χ2n) is 2.97. The van der Waals surface area contributed by atoms with Gasteiger partial charge in [0.1, 0.15) is 0 Å². The lowest BCUT2D eigenvalue weighted by atomic mass is 10.5. The molecule has 6 amide bonds. The monoisotopic (exact) mass is 220 g/mol. The van der Waals surface area contributed by atoms with Crippen LogP contribution in [0.2, 0.25) is 0 Å². The Hall–Kier alpha value is -2.57. The predicted octanol–water partition coefficient (Wildman–Crippen LogP) is -1.04. The van der Waals surface area contributed by atoms with Crippen molar-refractivity contribution in [2.24, 2.45) is 0 Å². The van der Waals surface area contributed by atoms with Gasteiger partial charge < -0.3 is 0 Å². The fraction of sp³-hybridized carbons (Fsp3) is 0. The van der Waals surface area contributed by atoms with Crippen molar-refractivity contribution in [2.75, 3.05) is 0 Å². The normalized spacial score (nSPS) is 19.2. The highest BCUT2D eigenvalue weighted by molar-refractivity contribution is 6.30. The number of nitrogens with zero attached hydrogens (tertiary/aromatic N) is 2. The van der Waals surface area contributed by atoms with Gasteiger partial charge in [0, 0.05) is 24.3 Å². The lowest BCUT2D eigenvalue weighted by Gasteiger charge is -2.17. The molecule has 7 heteroatoms. The van der Waals surface area contributed by atoms with E-state index in [1.807, 2.05) is 0 Å². The Morgan fingerprint density at radius 1 is 0.688 bits per heavy atom. The Balaban J connectivity index is 2.27. The maximum atomic E-state index is 11.6. The average Bonchev–Trinajstić information content (AvgIpc) is 2.71. The molecule has 2 heterocycles. The first kappa shape index (κ1) is 9.97. The van der Waals surface area contributed by atoms with E-state index in [4.69, 9.17) is 0 Å². The summed E-state index contributed by atoms with van der Waals surface area (Å²) in [7, 11) is 0. The molecule has 0 atom stereocenters. The van der Waals surface area contributed by atoms with Crippen LogP contribution in [0.25, 0.3) is 0 Å². The zero-order valence-corrected chi connectivity index (χ0v) is 7.75. The number of rotatable bonds is 0. The third-order valence-electron chi connectivity index (χ3n) is 2.00. The van der Waals surface area contributed by atoms with E-state index in [2.05, 4.69) is 0 Å². The molecule has 0 bridgehead atoms. The SMILES string of the molecule is O=C1C=CC(=O)N1C(=O)N1C(=O)C=CC1=O. The number of amides is 6. The van der Waals surface area contributed by atoms with E-state index in [1.54, 1.807) is 0 Å². The van der Waals surface area contributed by atoms with Crippen LogP contribution in [0, 0.1) is 0 Å². The van der Waals surface area contributed by atoms with Crippen molar-refractivity contribution in [1.29, 1.82) is 0 Å². The highest BCUT2D eigenvalue weighted by Gasteiger charge is 2.39. The number of imide groups is 6. The van der Waals surface area contributed by atoms with E-state index in [-0.39, 0.29) is 9.80 Å². The van der Waals surface area contributed by atoms with E-state index in [1.165, 1.54) is 0 Å².